The summed E-state index contributed by atoms with van der Waals surface area (Å²) in [4.78, 5) is 0. The fourth-order valence-corrected chi connectivity index (χ4v) is 2.47. The lowest BCUT2D eigenvalue weighted by molar-refractivity contribution is 0.842. The molecule has 0 aliphatic heterocycles. The van der Waals surface area contributed by atoms with Crippen molar-refractivity contribution in [2.45, 2.75) is 19.3 Å². The Kier molecular flexibility index (Phi) is 3.02. The predicted molar refractivity (Wildman–Crippen MR) is 79.7 cm³/mol. The van der Waals surface area contributed by atoms with Crippen molar-refractivity contribution in [3.8, 4) is 0 Å². The van der Waals surface area contributed by atoms with Gasteiger partial charge in [0, 0.05) is 0 Å². The van der Waals surface area contributed by atoms with Crippen molar-refractivity contribution in [3.63, 3.8) is 0 Å². The largest absolute Gasteiger partial charge is 0.0616 e. The number of unbranched alkanes of at least 4 members (excludes halogenated alkanes) is 1. The van der Waals surface area contributed by atoms with E-state index in [9.17, 15) is 0 Å². The molecule has 0 N–H and O–H groups in total. The molecular weight excluding hydrogens is 216 g/mol. The van der Waals surface area contributed by atoms with Gasteiger partial charge in [0.2, 0.25) is 0 Å². The quantitative estimate of drug-likeness (QED) is 0.549. The van der Waals surface area contributed by atoms with Gasteiger partial charge in [-0.3, -0.25) is 0 Å². The summed E-state index contributed by atoms with van der Waals surface area (Å²) in [5.41, 5.74) is 1.42. The molecule has 0 nitrogen and oxygen atoms in total. The van der Waals surface area contributed by atoms with Gasteiger partial charge in [-0.1, -0.05) is 55.8 Å². The van der Waals surface area contributed by atoms with Gasteiger partial charge in [0.25, 0.3) is 0 Å². The lowest BCUT2D eigenvalue weighted by Crippen LogP contribution is -1.85. The molecule has 0 saturated heterocycles. The normalized spacial score (nSPS) is 11.2. The first-order valence-electron chi connectivity index (χ1n) is 6.57. The fourth-order valence-electron chi connectivity index (χ4n) is 2.47. The highest BCUT2D eigenvalue weighted by Gasteiger charge is 1.99. The van der Waals surface area contributed by atoms with Crippen LogP contribution in [0.2, 0.25) is 0 Å². The third-order valence-electron chi connectivity index (χ3n) is 3.48. The second-order valence-electron chi connectivity index (χ2n) is 4.84. The maximum atomic E-state index is 3.90. The summed E-state index contributed by atoms with van der Waals surface area (Å²) in [6.07, 6.45) is 3.31. The van der Waals surface area contributed by atoms with Crippen LogP contribution < -0.4 is 0 Å². The zero-order valence-corrected chi connectivity index (χ0v) is 10.5. The number of hydrogen-bond donors (Lipinski definition) is 0. The van der Waals surface area contributed by atoms with Crippen LogP contribution in [0, 0.1) is 6.92 Å². The fraction of sp³-hybridized carbons (Fsp3) is 0.167. The highest BCUT2D eigenvalue weighted by atomic mass is 14.0. The topological polar surface area (TPSA) is 0 Å². The van der Waals surface area contributed by atoms with Crippen LogP contribution in [0.3, 0.4) is 0 Å². The van der Waals surface area contributed by atoms with Crippen molar-refractivity contribution >= 4 is 21.5 Å². The third kappa shape index (κ3) is 2.11. The minimum Gasteiger partial charge on any atom is -0.0616 e. The molecule has 89 valence electrons. The third-order valence-corrected chi connectivity index (χ3v) is 3.48. The molecule has 0 heterocycles. The van der Waals surface area contributed by atoms with Crippen LogP contribution in [0.4, 0.5) is 0 Å². The van der Waals surface area contributed by atoms with Gasteiger partial charge in [-0.05, 0) is 52.1 Å². The highest BCUT2D eigenvalue weighted by molar-refractivity contribution is 5.98. The lowest BCUT2D eigenvalue weighted by Gasteiger charge is -2.05. The predicted octanol–water partition coefficient (Wildman–Crippen LogP) is 5.15. The number of aryl methyl sites for hydroxylation is 1. The van der Waals surface area contributed by atoms with Gasteiger partial charge < -0.3 is 0 Å². The van der Waals surface area contributed by atoms with Gasteiger partial charge in [-0.2, -0.15) is 0 Å². The van der Waals surface area contributed by atoms with Gasteiger partial charge in [0.15, 0.2) is 0 Å². The molecule has 0 aromatic heterocycles. The maximum Gasteiger partial charge on any atom is -0.0175 e. The van der Waals surface area contributed by atoms with Crippen LogP contribution in [0.1, 0.15) is 18.4 Å². The van der Waals surface area contributed by atoms with E-state index in [1.807, 2.05) is 0 Å². The Balaban J connectivity index is 2.12. The molecule has 0 amide bonds. The summed E-state index contributed by atoms with van der Waals surface area (Å²) < 4.78 is 0. The average molecular weight is 233 g/mol. The second kappa shape index (κ2) is 4.81. The maximum absolute atomic E-state index is 3.90. The summed E-state index contributed by atoms with van der Waals surface area (Å²) in [5.74, 6) is 0. The van der Waals surface area contributed by atoms with E-state index in [0.717, 1.165) is 12.8 Å². The summed E-state index contributed by atoms with van der Waals surface area (Å²) in [7, 11) is 0. The van der Waals surface area contributed by atoms with E-state index in [4.69, 9.17) is 0 Å². The number of benzene rings is 3. The van der Waals surface area contributed by atoms with E-state index in [-0.39, 0.29) is 0 Å². The first-order valence-corrected chi connectivity index (χ1v) is 6.57. The van der Waals surface area contributed by atoms with Crippen LogP contribution >= 0.6 is 0 Å². The van der Waals surface area contributed by atoms with Crippen molar-refractivity contribution in [2.24, 2.45) is 0 Å². The SMILES string of the molecule is [CH2]CCCc1ccc2cc3ccccc3cc2c1. The molecule has 0 saturated carbocycles. The Morgan fingerprint density at radius 2 is 1.39 bits per heavy atom. The Morgan fingerprint density at radius 3 is 2.11 bits per heavy atom. The molecule has 0 heteroatoms. The van der Waals surface area contributed by atoms with E-state index in [1.165, 1.54) is 33.5 Å². The van der Waals surface area contributed by atoms with Crippen molar-refractivity contribution in [1.29, 1.82) is 0 Å². The Morgan fingerprint density at radius 1 is 0.722 bits per heavy atom. The van der Waals surface area contributed by atoms with E-state index in [0.29, 0.717) is 0 Å². The van der Waals surface area contributed by atoms with Gasteiger partial charge in [0.05, 0.1) is 0 Å². The number of rotatable bonds is 3. The van der Waals surface area contributed by atoms with E-state index >= 15 is 0 Å². The summed E-state index contributed by atoms with van der Waals surface area (Å²) in [6, 6.07) is 19.9. The minimum absolute atomic E-state index is 1.01. The van der Waals surface area contributed by atoms with Crippen LogP contribution in [0.15, 0.2) is 54.6 Å². The molecule has 0 spiro atoms. The van der Waals surface area contributed by atoms with Gasteiger partial charge in [0.1, 0.15) is 0 Å². The molecule has 3 rings (SSSR count). The molecule has 0 fully saturated rings. The Bertz CT molecular complexity index is 680. The monoisotopic (exact) mass is 233 g/mol. The second-order valence-corrected chi connectivity index (χ2v) is 4.84. The molecule has 18 heavy (non-hydrogen) atoms. The molecule has 0 atom stereocenters. The Hall–Kier alpha value is -1.82. The van der Waals surface area contributed by atoms with Gasteiger partial charge in [-0.25, -0.2) is 0 Å². The number of hydrogen-bond acceptors (Lipinski definition) is 0. The van der Waals surface area contributed by atoms with Gasteiger partial charge >= 0.3 is 0 Å². The smallest absolute Gasteiger partial charge is 0.0175 e. The first kappa shape index (κ1) is 11.3. The van der Waals surface area contributed by atoms with Crippen LogP contribution in [-0.2, 0) is 6.42 Å². The number of fused-ring (bicyclic) bond motifs is 2. The van der Waals surface area contributed by atoms with Crippen molar-refractivity contribution in [2.75, 3.05) is 0 Å². The summed E-state index contributed by atoms with van der Waals surface area (Å²) in [6.45, 7) is 3.90. The van der Waals surface area contributed by atoms with Crippen LogP contribution in [0.5, 0.6) is 0 Å². The Labute approximate surface area is 108 Å². The molecule has 1 radical (unpaired) electrons. The van der Waals surface area contributed by atoms with Crippen molar-refractivity contribution in [1.82, 2.24) is 0 Å². The minimum atomic E-state index is 1.01. The van der Waals surface area contributed by atoms with E-state index in [2.05, 4.69) is 61.5 Å². The molecule has 0 aliphatic carbocycles. The molecule has 3 aromatic rings. The zero-order chi connectivity index (χ0) is 12.4. The lowest BCUT2D eigenvalue weighted by atomic mass is 10.00. The molecule has 0 bridgehead atoms. The van der Waals surface area contributed by atoms with Crippen LogP contribution in [-0.4, -0.2) is 0 Å². The van der Waals surface area contributed by atoms with Crippen molar-refractivity contribution in [3.05, 3.63) is 67.1 Å². The molecule has 0 unspecified atom stereocenters. The highest BCUT2D eigenvalue weighted by Crippen LogP contribution is 2.24. The van der Waals surface area contributed by atoms with Crippen LogP contribution in [0.25, 0.3) is 21.5 Å². The molecular formula is C18H17. The molecule has 0 aliphatic rings. The van der Waals surface area contributed by atoms with Crippen molar-refractivity contribution < 1.29 is 0 Å². The van der Waals surface area contributed by atoms with E-state index < -0.39 is 0 Å². The molecule has 3 aromatic carbocycles. The van der Waals surface area contributed by atoms with Gasteiger partial charge in [-0.15, -0.1) is 0 Å². The van der Waals surface area contributed by atoms with E-state index in [1.54, 1.807) is 0 Å². The summed E-state index contributed by atoms with van der Waals surface area (Å²) in [5, 5.41) is 5.30. The summed E-state index contributed by atoms with van der Waals surface area (Å²) >= 11 is 0. The zero-order valence-electron chi connectivity index (χ0n) is 10.5. The standard InChI is InChI=1S/C18H17/c1-2-3-6-14-9-10-17-12-15-7-4-5-8-16(15)13-18(17)11-14/h4-5,7-13H,1-3,6H2. The first-order chi connectivity index (χ1) is 8.86. The average Bonchev–Trinajstić information content (AvgIpc) is 2.42.